The maximum Gasteiger partial charge on any atom is 0.319 e. The Labute approximate surface area is 125 Å². The van der Waals surface area contributed by atoms with Crippen molar-refractivity contribution in [2.45, 2.75) is 13.3 Å². The van der Waals surface area contributed by atoms with Crippen molar-refractivity contribution < 1.29 is 9.53 Å². The monoisotopic (exact) mass is 284 g/mol. The lowest BCUT2D eigenvalue weighted by Gasteiger charge is -2.08. The number of methoxy groups -OCH3 is 1. The molecule has 0 bridgehead atoms. The summed E-state index contributed by atoms with van der Waals surface area (Å²) in [4.78, 5) is 11.8. The van der Waals surface area contributed by atoms with Crippen LogP contribution in [-0.2, 0) is 6.42 Å². The molecule has 0 spiro atoms. The van der Waals surface area contributed by atoms with Gasteiger partial charge in [0.15, 0.2) is 0 Å². The van der Waals surface area contributed by atoms with E-state index in [-0.39, 0.29) is 6.03 Å². The number of anilines is 1. The second kappa shape index (κ2) is 7.33. The quantitative estimate of drug-likeness (QED) is 0.884. The van der Waals surface area contributed by atoms with E-state index in [0.29, 0.717) is 6.54 Å². The molecular weight excluding hydrogens is 264 g/mol. The van der Waals surface area contributed by atoms with Gasteiger partial charge in [0.25, 0.3) is 0 Å². The summed E-state index contributed by atoms with van der Waals surface area (Å²) < 4.78 is 5.11. The minimum Gasteiger partial charge on any atom is -0.497 e. The Morgan fingerprint density at radius 2 is 1.90 bits per heavy atom. The highest BCUT2D eigenvalue weighted by Gasteiger charge is 2.01. The van der Waals surface area contributed by atoms with Gasteiger partial charge in [-0.15, -0.1) is 0 Å². The summed E-state index contributed by atoms with van der Waals surface area (Å²) in [6, 6.07) is 15.4. The molecule has 21 heavy (non-hydrogen) atoms. The summed E-state index contributed by atoms with van der Waals surface area (Å²) >= 11 is 0. The van der Waals surface area contributed by atoms with Crippen molar-refractivity contribution in [2.75, 3.05) is 19.0 Å². The van der Waals surface area contributed by atoms with Gasteiger partial charge in [-0.3, -0.25) is 0 Å². The Hall–Kier alpha value is -2.49. The van der Waals surface area contributed by atoms with Crippen molar-refractivity contribution in [3.63, 3.8) is 0 Å². The number of aryl methyl sites for hydroxylation is 1. The Kier molecular flexibility index (Phi) is 5.21. The van der Waals surface area contributed by atoms with E-state index in [9.17, 15) is 4.79 Å². The van der Waals surface area contributed by atoms with Gasteiger partial charge in [0.2, 0.25) is 0 Å². The number of urea groups is 1. The molecule has 2 amide bonds. The van der Waals surface area contributed by atoms with Crippen LogP contribution < -0.4 is 15.4 Å². The lowest BCUT2D eigenvalue weighted by atomic mass is 10.1. The average molecular weight is 284 g/mol. The molecule has 0 saturated heterocycles. The van der Waals surface area contributed by atoms with E-state index in [1.165, 1.54) is 0 Å². The second-order valence-electron chi connectivity index (χ2n) is 4.85. The van der Waals surface area contributed by atoms with E-state index in [0.717, 1.165) is 29.0 Å². The van der Waals surface area contributed by atoms with Crippen LogP contribution in [0.1, 0.15) is 11.1 Å². The molecule has 2 rings (SSSR count). The topological polar surface area (TPSA) is 50.4 Å². The molecule has 0 aliphatic heterocycles. The summed E-state index contributed by atoms with van der Waals surface area (Å²) in [6.07, 6.45) is 0.783. The molecule has 0 atom stereocenters. The van der Waals surface area contributed by atoms with Gasteiger partial charge in [0.05, 0.1) is 7.11 Å². The number of carbonyl (C=O) groups is 1. The lowest BCUT2D eigenvalue weighted by molar-refractivity contribution is 0.252. The van der Waals surface area contributed by atoms with Crippen LogP contribution in [0.2, 0.25) is 0 Å². The maximum absolute atomic E-state index is 11.8. The van der Waals surface area contributed by atoms with Gasteiger partial charge < -0.3 is 15.4 Å². The van der Waals surface area contributed by atoms with Crippen LogP contribution >= 0.6 is 0 Å². The van der Waals surface area contributed by atoms with E-state index >= 15 is 0 Å². The van der Waals surface area contributed by atoms with E-state index in [2.05, 4.69) is 10.6 Å². The zero-order chi connectivity index (χ0) is 15.1. The Bertz CT molecular complexity index is 594. The smallest absolute Gasteiger partial charge is 0.319 e. The van der Waals surface area contributed by atoms with Crippen LogP contribution in [0.4, 0.5) is 10.5 Å². The van der Waals surface area contributed by atoms with Gasteiger partial charge >= 0.3 is 6.03 Å². The number of hydrogen-bond donors (Lipinski definition) is 2. The van der Waals surface area contributed by atoms with Gasteiger partial charge in [-0.25, -0.2) is 4.79 Å². The molecule has 0 aromatic heterocycles. The average Bonchev–Trinajstić information content (AvgIpc) is 2.48. The predicted octanol–water partition coefficient (Wildman–Crippen LogP) is 3.37. The zero-order valence-electron chi connectivity index (χ0n) is 12.3. The summed E-state index contributed by atoms with van der Waals surface area (Å²) in [5.41, 5.74) is 3.08. The van der Waals surface area contributed by atoms with Gasteiger partial charge in [0.1, 0.15) is 5.75 Å². The normalized spacial score (nSPS) is 10.0. The molecule has 0 aliphatic carbocycles. The number of amides is 2. The number of rotatable bonds is 5. The fraction of sp³-hybridized carbons (Fsp3) is 0.235. The standard InChI is InChI=1S/C17H20N2O2/c1-13-4-3-5-15(12-13)19-17(20)18-11-10-14-6-8-16(21-2)9-7-14/h3-9,12H,10-11H2,1-2H3,(H2,18,19,20). The van der Waals surface area contributed by atoms with Crippen molar-refractivity contribution >= 4 is 11.7 Å². The van der Waals surface area contributed by atoms with Gasteiger partial charge in [-0.05, 0) is 48.7 Å². The minimum absolute atomic E-state index is 0.186. The molecule has 110 valence electrons. The minimum atomic E-state index is -0.186. The third-order valence-corrected chi connectivity index (χ3v) is 3.13. The van der Waals surface area contributed by atoms with E-state index in [1.54, 1.807) is 7.11 Å². The third kappa shape index (κ3) is 4.84. The van der Waals surface area contributed by atoms with Crippen molar-refractivity contribution in [3.8, 4) is 5.75 Å². The number of hydrogen-bond acceptors (Lipinski definition) is 2. The van der Waals surface area contributed by atoms with Crippen molar-refractivity contribution in [1.29, 1.82) is 0 Å². The zero-order valence-corrected chi connectivity index (χ0v) is 12.3. The first kappa shape index (κ1) is 14.9. The highest BCUT2D eigenvalue weighted by Crippen LogP contribution is 2.11. The first-order valence-electron chi connectivity index (χ1n) is 6.92. The highest BCUT2D eigenvalue weighted by atomic mass is 16.5. The van der Waals surface area contributed by atoms with Crippen molar-refractivity contribution in [2.24, 2.45) is 0 Å². The SMILES string of the molecule is COc1ccc(CCNC(=O)Nc2cccc(C)c2)cc1. The first-order chi connectivity index (χ1) is 10.2. The first-order valence-corrected chi connectivity index (χ1v) is 6.92. The van der Waals surface area contributed by atoms with Gasteiger partial charge in [-0.2, -0.15) is 0 Å². The van der Waals surface area contributed by atoms with Crippen molar-refractivity contribution in [1.82, 2.24) is 5.32 Å². The predicted molar refractivity (Wildman–Crippen MR) is 84.9 cm³/mol. The summed E-state index contributed by atoms with van der Waals surface area (Å²) in [6.45, 7) is 2.58. The van der Waals surface area contributed by atoms with Crippen LogP contribution in [0.3, 0.4) is 0 Å². The molecule has 0 aliphatic rings. The Morgan fingerprint density at radius 1 is 1.14 bits per heavy atom. The summed E-state index contributed by atoms with van der Waals surface area (Å²) in [5.74, 6) is 0.837. The van der Waals surface area contributed by atoms with Crippen LogP contribution in [0, 0.1) is 6.92 Å². The van der Waals surface area contributed by atoms with E-state index < -0.39 is 0 Å². The molecule has 0 fully saturated rings. The number of ether oxygens (including phenoxy) is 1. The molecular formula is C17H20N2O2. The lowest BCUT2D eigenvalue weighted by Crippen LogP contribution is -2.30. The summed E-state index contributed by atoms with van der Waals surface area (Å²) in [7, 11) is 1.65. The van der Waals surface area contributed by atoms with Crippen LogP contribution in [-0.4, -0.2) is 19.7 Å². The molecule has 4 heteroatoms. The highest BCUT2D eigenvalue weighted by molar-refractivity contribution is 5.89. The molecule has 0 radical (unpaired) electrons. The number of nitrogens with one attached hydrogen (secondary N) is 2. The van der Waals surface area contributed by atoms with Crippen LogP contribution in [0.15, 0.2) is 48.5 Å². The number of benzene rings is 2. The molecule has 4 nitrogen and oxygen atoms in total. The molecule has 2 N–H and O–H groups in total. The Balaban J connectivity index is 1.76. The maximum atomic E-state index is 11.8. The van der Waals surface area contributed by atoms with Gasteiger partial charge in [-0.1, -0.05) is 24.3 Å². The summed E-state index contributed by atoms with van der Waals surface area (Å²) in [5, 5.41) is 5.66. The fourth-order valence-corrected chi connectivity index (χ4v) is 2.01. The van der Waals surface area contributed by atoms with Crippen LogP contribution in [0.5, 0.6) is 5.75 Å². The van der Waals surface area contributed by atoms with Gasteiger partial charge in [0, 0.05) is 12.2 Å². The van der Waals surface area contributed by atoms with Crippen molar-refractivity contribution in [3.05, 3.63) is 59.7 Å². The van der Waals surface area contributed by atoms with Crippen LogP contribution in [0.25, 0.3) is 0 Å². The largest absolute Gasteiger partial charge is 0.497 e. The van der Waals surface area contributed by atoms with E-state index in [1.807, 2.05) is 55.5 Å². The second-order valence-corrected chi connectivity index (χ2v) is 4.85. The molecule has 2 aromatic rings. The number of carbonyl (C=O) groups excluding carboxylic acids is 1. The van der Waals surface area contributed by atoms with E-state index in [4.69, 9.17) is 4.74 Å². The molecule has 0 heterocycles. The third-order valence-electron chi connectivity index (χ3n) is 3.13. The Morgan fingerprint density at radius 3 is 2.57 bits per heavy atom. The molecule has 2 aromatic carbocycles. The molecule has 0 saturated carbocycles. The fourth-order valence-electron chi connectivity index (χ4n) is 2.01. The molecule has 0 unspecified atom stereocenters.